The maximum atomic E-state index is 12.6. The molecule has 0 rings (SSSR count). The quantitative estimate of drug-likeness (QED) is 0.0266. The summed E-state index contributed by atoms with van der Waals surface area (Å²) in [5.74, 6) is -0.871. The molecule has 2 unspecified atom stereocenters. The average Bonchev–Trinajstić information content (AvgIpc) is 3.22. The van der Waals surface area contributed by atoms with Gasteiger partial charge in [0.1, 0.15) is 6.61 Å². The first kappa shape index (κ1) is 56.2. The summed E-state index contributed by atoms with van der Waals surface area (Å²) in [5.41, 5.74) is 5.35. The number of rotatable bonds is 42. The van der Waals surface area contributed by atoms with Crippen molar-refractivity contribution < 1.29 is 37.6 Å². The highest BCUT2D eigenvalue weighted by Gasteiger charge is 2.26. The van der Waals surface area contributed by atoms with Crippen LogP contribution in [0.15, 0.2) is 85.1 Å². The molecule has 9 nitrogen and oxygen atoms in total. The molecule has 0 saturated carbocycles. The minimum absolute atomic E-state index is 0.0440. The van der Waals surface area contributed by atoms with Crippen LogP contribution in [0.4, 0.5) is 0 Å². The Balaban J connectivity index is 4.20. The molecule has 0 aromatic rings. The van der Waals surface area contributed by atoms with Gasteiger partial charge in [0.2, 0.25) is 0 Å². The minimum Gasteiger partial charge on any atom is -0.462 e. The fourth-order valence-corrected chi connectivity index (χ4v) is 6.67. The van der Waals surface area contributed by atoms with Gasteiger partial charge >= 0.3 is 19.8 Å². The van der Waals surface area contributed by atoms with E-state index in [-0.39, 0.29) is 32.6 Å². The average molecular weight is 846 g/mol. The molecule has 3 N–H and O–H groups in total. The van der Waals surface area contributed by atoms with Crippen molar-refractivity contribution in [2.24, 2.45) is 5.73 Å². The molecule has 2 atom stereocenters. The summed E-state index contributed by atoms with van der Waals surface area (Å²) < 4.78 is 32.8. The number of phosphoric ester groups is 1. The number of esters is 2. The first-order valence-corrected chi connectivity index (χ1v) is 24.6. The number of carbonyl (C=O) groups is 2. The van der Waals surface area contributed by atoms with E-state index in [2.05, 4.69) is 98.9 Å². The van der Waals surface area contributed by atoms with Crippen molar-refractivity contribution in [1.29, 1.82) is 0 Å². The van der Waals surface area contributed by atoms with Crippen LogP contribution >= 0.6 is 7.82 Å². The van der Waals surface area contributed by atoms with Crippen molar-refractivity contribution in [2.45, 2.75) is 187 Å². The molecule has 338 valence electrons. The smallest absolute Gasteiger partial charge is 0.462 e. The number of unbranched alkanes of at least 4 members (excludes halogenated alkanes) is 15. The predicted octanol–water partition coefficient (Wildman–Crippen LogP) is 13.6. The van der Waals surface area contributed by atoms with Gasteiger partial charge in [-0.05, 0) is 70.6 Å². The van der Waals surface area contributed by atoms with E-state index >= 15 is 0 Å². The SMILES string of the molecule is CC/C=C\C/C=C\C/C=C\C/C=C\C/C=C\C/C=C\C/C=C\CCCCCC(=O)OC(COC(=O)CCCCCCCCCCCCCCC)COP(=O)(O)OCCN. The van der Waals surface area contributed by atoms with Crippen LogP contribution in [0.3, 0.4) is 0 Å². The lowest BCUT2D eigenvalue weighted by Crippen LogP contribution is -2.29. The maximum absolute atomic E-state index is 12.6. The van der Waals surface area contributed by atoms with Gasteiger partial charge in [0.05, 0.1) is 13.2 Å². The lowest BCUT2D eigenvalue weighted by molar-refractivity contribution is -0.161. The molecular weight excluding hydrogens is 762 g/mol. The Morgan fingerprint density at radius 2 is 0.932 bits per heavy atom. The third-order valence-electron chi connectivity index (χ3n) is 9.30. The number of hydrogen-bond acceptors (Lipinski definition) is 8. The van der Waals surface area contributed by atoms with Crippen LogP contribution in [0.25, 0.3) is 0 Å². The Hall–Kier alpha value is -2.81. The van der Waals surface area contributed by atoms with E-state index in [4.69, 9.17) is 24.3 Å². The molecule has 0 aromatic carbocycles. The zero-order valence-electron chi connectivity index (χ0n) is 37.2. The van der Waals surface area contributed by atoms with Crippen molar-refractivity contribution in [2.75, 3.05) is 26.4 Å². The van der Waals surface area contributed by atoms with Gasteiger partial charge < -0.3 is 20.1 Å². The summed E-state index contributed by atoms with van der Waals surface area (Å²) in [6.07, 6.45) is 56.1. The van der Waals surface area contributed by atoms with Gasteiger partial charge in [-0.25, -0.2) is 4.57 Å². The third kappa shape index (κ3) is 44.6. The second-order valence-corrected chi connectivity index (χ2v) is 16.3. The third-order valence-corrected chi connectivity index (χ3v) is 10.3. The Morgan fingerprint density at radius 1 is 0.525 bits per heavy atom. The van der Waals surface area contributed by atoms with Crippen molar-refractivity contribution in [3.8, 4) is 0 Å². The van der Waals surface area contributed by atoms with Crippen molar-refractivity contribution >= 4 is 19.8 Å². The Kier molecular flexibility index (Phi) is 42.6. The van der Waals surface area contributed by atoms with Gasteiger partial charge in [-0.1, -0.05) is 182 Å². The van der Waals surface area contributed by atoms with Crippen molar-refractivity contribution in [3.05, 3.63) is 85.1 Å². The largest absolute Gasteiger partial charge is 0.472 e. The normalized spacial score (nSPS) is 14.0. The second kappa shape index (κ2) is 44.7. The lowest BCUT2D eigenvalue weighted by atomic mass is 10.0. The summed E-state index contributed by atoms with van der Waals surface area (Å²) in [6.45, 7) is 3.57. The summed E-state index contributed by atoms with van der Waals surface area (Å²) in [4.78, 5) is 34.9. The molecule has 0 spiro atoms. The topological polar surface area (TPSA) is 134 Å². The summed E-state index contributed by atoms with van der Waals surface area (Å²) in [5, 5.41) is 0. The van der Waals surface area contributed by atoms with E-state index < -0.39 is 32.5 Å². The lowest BCUT2D eigenvalue weighted by Gasteiger charge is -2.19. The second-order valence-electron chi connectivity index (χ2n) is 14.9. The van der Waals surface area contributed by atoms with E-state index in [1.165, 1.54) is 64.2 Å². The highest BCUT2D eigenvalue weighted by Crippen LogP contribution is 2.43. The van der Waals surface area contributed by atoms with E-state index in [0.29, 0.717) is 6.42 Å². The Bertz CT molecular complexity index is 1240. The zero-order chi connectivity index (χ0) is 43.2. The number of carbonyl (C=O) groups excluding carboxylic acids is 2. The fourth-order valence-electron chi connectivity index (χ4n) is 5.91. The van der Waals surface area contributed by atoms with Crippen LogP contribution in [-0.2, 0) is 32.7 Å². The van der Waals surface area contributed by atoms with Gasteiger partial charge in [-0.15, -0.1) is 0 Å². The van der Waals surface area contributed by atoms with Crippen LogP contribution in [-0.4, -0.2) is 49.3 Å². The Morgan fingerprint density at radius 3 is 1.39 bits per heavy atom. The van der Waals surface area contributed by atoms with E-state index in [9.17, 15) is 19.0 Å². The first-order chi connectivity index (χ1) is 28.8. The molecule has 10 heteroatoms. The summed E-state index contributed by atoms with van der Waals surface area (Å²) >= 11 is 0. The molecule has 0 radical (unpaired) electrons. The number of ether oxygens (including phenoxy) is 2. The van der Waals surface area contributed by atoms with Gasteiger partial charge in [0.25, 0.3) is 0 Å². The summed E-state index contributed by atoms with van der Waals surface area (Å²) in [7, 11) is -4.39. The van der Waals surface area contributed by atoms with Gasteiger partial charge in [0.15, 0.2) is 6.10 Å². The van der Waals surface area contributed by atoms with E-state index in [0.717, 1.165) is 83.5 Å². The highest BCUT2D eigenvalue weighted by atomic mass is 31.2. The molecule has 0 aromatic heterocycles. The van der Waals surface area contributed by atoms with E-state index in [1.54, 1.807) is 0 Å². The Labute approximate surface area is 360 Å². The van der Waals surface area contributed by atoms with Crippen LogP contribution in [0, 0.1) is 0 Å². The standard InChI is InChI=1S/C49H84NO8P/c1-3-5-7-9-11-13-15-17-18-19-20-21-22-23-24-25-26-27-28-30-32-34-36-38-40-42-49(52)58-47(46-57-59(53,54)56-44-43-50)45-55-48(51)41-39-37-35-33-31-29-16-14-12-10-8-6-4-2/h5,7,11,13,17-18,20-21,23-24,26-27,30,32,47H,3-4,6,8-10,12,14-16,19,22,25,28-29,31,33-46,50H2,1-2H3,(H,53,54)/b7-5-,13-11-,18-17-,21-20-,24-23-,27-26-,32-30-. The van der Waals surface area contributed by atoms with Crippen LogP contribution in [0.1, 0.15) is 181 Å². The number of hydrogen-bond donors (Lipinski definition) is 2. The van der Waals surface area contributed by atoms with Gasteiger partial charge in [0, 0.05) is 19.4 Å². The van der Waals surface area contributed by atoms with Crippen molar-refractivity contribution in [1.82, 2.24) is 0 Å². The first-order valence-electron chi connectivity index (χ1n) is 23.1. The zero-order valence-corrected chi connectivity index (χ0v) is 38.1. The monoisotopic (exact) mass is 846 g/mol. The molecule has 0 amide bonds. The molecule has 0 aliphatic rings. The van der Waals surface area contributed by atoms with E-state index in [1.807, 2.05) is 0 Å². The molecule has 0 aliphatic heterocycles. The van der Waals surface area contributed by atoms with Crippen LogP contribution < -0.4 is 5.73 Å². The molecule has 0 saturated heterocycles. The predicted molar refractivity (Wildman–Crippen MR) is 247 cm³/mol. The van der Waals surface area contributed by atoms with Gasteiger partial charge in [-0.2, -0.15) is 0 Å². The highest BCUT2D eigenvalue weighted by molar-refractivity contribution is 7.47. The molecule has 0 aliphatic carbocycles. The molecular formula is C49H84NO8P. The minimum atomic E-state index is -4.39. The molecule has 0 fully saturated rings. The molecule has 59 heavy (non-hydrogen) atoms. The van der Waals surface area contributed by atoms with Crippen LogP contribution in [0.5, 0.6) is 0 Å². The number of allylic oxidation sites excluding steroid dienone is 14. The fraction of sp³-hybridized carbons (Fsp3) is 0.673. The number of phosphoric acid groups is 1. The van der Waals surface area contributed by atoms with Gasteiger partial charge in [-0.3, -0.25) is 18.6 Å². The number of nitrogens with two attached hydrogens (primary N) is 1. The molecule has 0 bridgehead atoms. The molecule has 0 heterocycles. The van der Waals surface area contributed by atoms with Crippen molar-refractivity contribution in [3.63, 3.8) is 0 Å². The maximum Gasteiger partial charge on any atom is 0.472 e. The summed E-state index contributed by atoms with van der Waals surface area (Å²) in [6, 6.07) is 0. The van der Waals surface area contributed by atoms with Crippen LogP contribution in [0.2, 0.25) is 0 Å².